The van der Waals surface area contributed by atoms with Gasteiger partial charge in [-0.05, 0) is 88.3 Å². The van der Waals surface area contributed by atoms with Gasteiger partial charge in [-0.1, -0.05) is 93.4 Å². The number of hydrogen-bond acceptors (Lipinski definition) is 27. The van der Waals surface area contributed by atoms with Crippen molar-refractivity contribution in [3.63, 3.8) is 0 Å². The van der Waals surface area contributed by atoms with Gasteiger partial charge in [-0.3, -0.25) is 52.7 Å². The minimum atomic E-state index is -2.06. The Hall–Kier alpha value is -10.3. The Balaban J connectivity index is 0.725. The molecule has 7 atom stereocenters. The van der Waals surface area contributed by atoms with Crippen molar-refractivity contribution in [2.75, 3.05) is 42.8 Å². The molecule has 0 fully saturated rings. The first-order valence-corrected chi connectivity index (χ1v) is 40.4. The average Bonchev–Trinajstić information content (AvgIpc) is 1.46. The van der Waals surface area contributed by atoms with E-state index in [1.807, 2.05) is 60.7 Å². The molecule has 2 aromatic carbocycles. The highest BCUT2D eigenvalue weighted by Crippen LogP contribution is 2.44. The molecule has 36 heteroatoms. The summed E-state index contributed by atoms with van der Waals surface area (Å²) in [7, 11) is 4.51. The number of cyclic esters (lactones) is 2. The predicted octanol–water partition coefficient (Wildman–Crippen LogP) is 6.42. The minimum Gasteiger partial charge on any atom is -0.481 e. The SMILES string of the molecule is CC[C@]1(OC(=O)OCCSSC[C@@H](NC(C)=O)C(=O)N[C@@H](CCCCNC(=O)[C@@H](CSSCCOC(=O)O[C@]2(CC)C(=O)OCc3c2cc2n(c3=O)Cc3cc4ccccc4nc3-2)NC(C)=O)C(=O)C[C@@H](CCC(=O)O)C(=O)N[C@@H](CCC(=O)O)C(C)=O)C(=O)OCc2c1cc1n(c2=O)Cc2cc3ccccc3nc2-1. The maximum atomic E-state index is 14.5. The molecule has 584 valence electrons. The lowest BCUT2D eigenvalue weighted by Crippen LogP contribution is -2.52. The number of aromatic nitrogens is 4. The second-order valence-corrected chi connectivity index (χ2v) is 31.6. The first-order valence-electron chi connectivity index (χ1n) is 35.4. The molecule has 0 unspecified atom stereocenters. The summed E-state index contributed by atoms with van der Waals surface area (Å²) >= 11 is 0. The summed E-state index contributed by atoms with van der Waals surface area (Å²) < 4.78 is 36.3. The number of carbonyl (C=O) groups excluding carboxylic acids is 11. The van der Waals surface area contributed by atoms with Crippen LogP contribution in [0.2, 0.25) is 0 Å². The van der Waals surface area contributed by atoms with Gasteiger partial charge in [0.25, 0.3) is 11.1 Å². The number of fused-ring (bicyclic) bond motifs is 10. The van der Waals surface area contributed by atoms with E-state index in [0.717, 1.165) is 68.1 Å². The molecular formula is C74H81N9O23S4. The van der Waals surface area contributed by atoms with Crippen molar-refractivity contribution in [3.05, 3.63) is 127 Å². The minimum absolute atomic E-state index is 0.0190. The zero-order valence-electron chi connectivity index (χ0n) is 60.6. The fraction of sp³-hybridized carbons (Fsp3) is 0.446. The van der Waals surface area contributed by atoms with Crippen LogP contribution in [0.5, 0.6) is 0 Å². The standard InChI is InChI=1S/C74H81N9O23S4/c1-6-73(49-31-57-62-45(28-42-14-8-10-16-52(42)78-62)33-82(57)67(95)47(49)35-103-69(73)97)105-71(99)101-24-26-107-109-37-55(76-40(4)85)65(93)75-23-13-12-18-54(59(87)30-44(19-21-60(88)89)64(92)80-51(39(3)84)20-22-61(90)91)81-66(94)56(77-41(5)86)38-110-108-27-25-102-72(100)106-74(7-2)50-32-58-63-46(29-43-15-9-11-17-53(43)79-63)34-83(58)68(96)48(50)36-104-70(74)98/h8-11,14-17,28-29,31-32,44,51,54-56H,6-7,12-13,18-27,30,33-38H2,1-5H3,(H,75,93)(H,76,85)(H,77,86)(H,80,92)(H,81,94)(H,88,89)(H,90,91)/t44-,51+,54+,55-,56-,73+,74-/m1/s1. The fourth-order valence-corrected chi connectivity index (χ4v) is 17.4. The van der Waals surface area contributed by atoms with E-state index in [0.29, 0.717) is 33.8 Å². The summed E-state index contributed by atoms with van der Waals surface area (Å²) in [5, 5.41) is 33.7. The number of esters is 2. The highest BCUT2D eigenvalue weighted by Gasteiger charge is 2.53. The van der Waals surface area contributed by atoms with E-state index < -0.39 is 155 Å². The van der Waals surface area contributed by atoms with Crippen LogP contribution < -0.4 is 37.7 Å². The summed E-state index contributed by atoms with van der Waals surface area (Å²) in [4.78, 5) is 209. The van der Waals surface area contributed by atoms with Gasteiger partial charge in [0, 0.05) is 102 Å². The van der Waals surface area contributed by atoms with E-state index in [2.05, 4.69) is 26.6 Å². The average molecular weight is 1590 g/mol. The van der Waals surface area contributed by atoms with Crippen LogP contribution in [-0.4, -0.2) is 174 Å². The van der Waals surface area contributed by atoms with Crippen molar-refractivity contribution >= 4 is 142 Å². The molecule has 0 radical (unpaired) electrons. The highest BCUT2D eigenvalue weighted by molar-refractivity contribution is 8.77. The zero-order chi connectivity index (χ0) is 79.1. The van der Waals surface area contributed by atoms with E-state index in [-0.39, 0.29) is 130 Å². The molecule has 6 aromatic rings. The monoisotopic (exact) mass is 1590 g/mol. The Labute approximate surface area is 644 Å². The molecule has 5 amide bonds. The van der Waals surface area contributed by atoms with Crippen LogP contribution in [0.3, 0.4) is 0 Å². The topological polar surface area (TPSA) is 448 Å². The van der Waals surface area contributed by atoms with Gasteiger partial charge in [0.05, 0.1) is 70.1 Å². The number of unbranched alkanes of at least 4 members (excludes halogenated alkanes) is 1. The smallest absolute Gasteiger partial charge is 0.481 e. The molecule has 4 aliphatic heterocycles. The number of ether oxygens (including phenoxy) is 6. The number of rotatable bonds is 38. The third-order valence-electron chi connectivity index (χ3n) is 19.0. The highest BCUT2D eigenvalue weighted by atomic mass is 33.1. The van der Waals surface area contributed by atoms with Crippen molar-refractivity contribution < 1.29 is 101 Å². The van der Waals surface area contributed by atoms with E-state index >= 15 is 0 Å². The number of carboxylic acids is 2. The van der Waals surface area contributed by atoms with Gasteiger partial charge >= 0.3 is 36.2 Å². The number of Topliss-reactive ketones (excluding diaryl/α,β-unsaturated/α-hetero) is 2. The van der Waals surface area contributed by atoms with Crippen LogP contribution in [0.25, 0.3) is 44.6 Å². The van der Waals surface area contributed by atoms with Crippen LogP contribution >= 0.6 is 43.2 Å². The second-order valence-electron chi connectivity index (χ2n) is 26.4. The Kier molecular flexibility index (Phi) is 27.6. The number of hydrogen-bond donors (Lipinski definition) is 7. The van der Waals surface area contributed by atoms with Gasteiger partial charge in [0.2, 0.25) is 40.7 Å². The number of carbonyl (C=O) groups is 13. The van der Waals surface area contributed by atoms with Crippen molar-refractivity contribution in [1.82, 2.24) is 45.7 Å². The lowest BCUT2D eigenvalue weighted by molar-refractivity contribution is -0.175. The molecule has 10 rings (SSSR count). The fourth-order valence-electron chi connectivity index (χ4n) is 13.4. The molecule has 32 nitrogen and oxygen atoms in total. The summed E-state index contributed by atoms with van der Waals surface area (Å²) in [6.45, 7) is 5.88. The summed E-state index contributed by atoms with van der Waals surface area (Å²) in [6, 6.07) is 17.0. The number of carboxylic acid groups (broad SMARTS) is 2. The lowest BCUT2D eigenvalue weighted by Gasteiger charge is -2.35. The molecule has 0 spiro atoms. The predicted molar refractivity (Wildman–Crippen MR) is 403 cm³/mol. The normalized spacial score (nSPS) is 16.9. The second kappa shape index (κ2) is 36.9. The third-order valence-corrected chi connectivity index (χ3v) is 23.7. The molecule has 0 saturated heterocycles. The number of amides is 5. The molecule has 0 bridgehead atoms. The molecule has 0 saturated carbocycles. The number of para-hydroxylation sites is 2. The molecule has 4 aliphatic rings. The van der Waals surface area contributed by atoms with E-state index in [9.17, 15) is 82.1 Å². The van der Waals surface area contributed by atoms with E-state index in [4.69, 9.17) is 38.4 Å². The Bertz CT molecular complexity index is 4780. The number of pyridine rings is 4. The van der Waals surface area contributed by atoms with Gasteiger partial charge in [0.1, 0.15) is 38.5 Å². The maximum Gasteiger partial charge on any atom is 0.509 e. The third kappa shape index (κ3) is 19.3. The lowest BCUT2D eigenvalue weighted by atomic mass is 9.85. The van der Waals surface area contributed by atoms with Gasteiger partial charge in [-0.15, -0.1) is 0 Å². The largest absolute Gasteiger partial charge is 0.509 e. The maximum absolute atomic E-state index is 14.5. The van der Waals surface area contributed by atoms with Gasteiger partial charge in [-0.2, -0.15) is 0 Å². The van der Waals surface area contributed by atoms with Crippen LogP contribution in [0.1, 0.15) is 132 Å². The summed E-state index contributed by atoms with van der Waals surface area (Å²) in [6.07, 6.45) is -5.08. The molecule has 7 N–H and O–H groups in total. The molecule has 0 aliphatic carbocycles. The first kappa shape index (κ1) is 82.2. The number of aliphatic carboxylic acids is 2. The summed E-state index contributed by atoms with van der Waals surface area (Å²) in [5.41, 5.74) is 0.586. The Morgan fingerprint density at radius 2 is 1.02 bits per heavy atom. The molecule has 8 heterocycles. The number of benzene rings is 2. The number of nitrogens with one attached hydrogen (secondary N) is 5. The summed E-state index contributed by atoms with van der Waals surface area (Å²) in [5.74, 6) is -10.6. The van der Waals surface area contributed by atoms with Crippen LogP contribution in [0.15, 0.2) is 82.4 Å². The van der Waals surface area contributed by atoms with E-state index in [1.54, 1.807) is 30.5 Å². The Morgan fingerprint density at radius 3 is 1.48 bits per heavy atom. The Morgan fingerprint density at radius 1 is 0.555 bits per heavy atom. The quantitative estimate of drug-likeness (QED) is 0.00950. The van der Waals surface area contributed by atoms with Crippen molar-refractivity contribution in [2.45, 2.75) is 160 Å². The number of nitrogens with zero attached hydrogens (tertiary/aromatic N) is 4. The van der Waals surface area contributed by atoms with Crippen LogP contribution in [0, 0.1) is 5.92 Å². The van der Waals surface area contributed by atoms with Crippen LogP contribution in [-0.2, 0) is 119 Å². The number of ketones is 2. The van der Waals surface area contributed by atoms with Gasteiger partial charge in [-0.25, -0.2) is 29.1 Å². The van der Waals surface area contributed by atoms with Crippen molar-refractivity contribution in [1.29, 1.82) is 0 Å². The molecule has 4 aromatic heterocycles. The molecule has 110 heavy (non-hydrogen) atoms. The molecular weight excluding hydrogens is 1510 g/mol. The van der Waals surface area contributed by atoms with Gasteiger partial charge in [0.15, 0.2) is 11.6 Å². The van der Waals surface area contributed by atoms with Crippen molar-refractivity contribution in [3.8, 4) is 22.8 Å². The van der Waals surface area contributed by atoms with Gasteiger partial charge < -0.3 is 74.4 Å². The van der Waals surface area contributed by atoms with E-state index in [1.165, 1.54) is 22.3 Å². The van der Waals surface area contributed by atoms with Crippen molar-refractivity contribution in [2.24, 2.45) is 5.92 Å². The first-order chi connectivity index (χ1) is 52.6. The van der Waals surface area contributed by atoms with Crippen LogP contribution in [0.4, 0.5) is 9.59 Å². The zero-order valence-corrected chi connectivity index (χ0v) is 63.8.